The fourth-order valence-corrected chi connectivity index (χ4v) is 3.18. The minimum atomic E-state index is 0.0880. The highest BCUT2D eigenvalue weighted by Crippen LogP contribution is 2.42. The smallest absolute Gasteiger partial charge is 0.242 e. The lowest BCUT2D eigenvalue weighted by atomic mass is 9.70. The molecule has 18 heavy (non-hydrogen) atoms. The van der Waals surface area contributed by atoms with Crippen LogP contribution in [0.4, 0.5) is 0 Å². The molecule has 2 rings (SSSR count). The van der Waals surface area contributed by atoms with E-state index in [1.54, 1.807) is 9.80 Å². The molecule has 1 heterocycles. The molecule has 1 saturated carbocycles. The second kappa shape index (κ2) is 5.51. The van der Waals surface area contributed by atoms with Crippen LogP contribution in [0.5, 0.6) is 0 Å². The maximum Gasteiger partial charge on any atom is 0.242 e. The Bertz CT molecular complexity index is 336. The zero-order chi connectivity index (χ0) is 13.2. The molecule has 0 aromatic heterocycles. The number of carbonyl (C=O) groups is 2. The molecular weight excluding hydrogens is 248 g/mol. The first-order valence-corrected chi connectivity index (χ1v) is 7.40. The summed E-state index contributed by atoms with van der Waals surface area (Å²) in [5.41, 5.74) is 0.173. The van der Waals surface area contributed by atoms with E-state index in [4.69, 9.17) is 0 Å². The molecule has 2 aliphatic rings. The van der Waals surface area contributed by atoms with Gasteiger partial charge in [0.2, 0.25) is 11.8 Å². The van der Waals surface area contributed by atoms with E-state index in [9.17, 15) is 9.59 Å². The lowest BCUT2D eigenvalue weighted by molar-refractivity contribution is -0.152. The number of hydrogen-bond donors (Lipinski definition) is 1. The van der Waals surface area contributed by atoms with Crippen LogP contribution in [0.1, 0.15) is 32.6 Å². The minimum absolute atomic E-state index is 0.0880. The molecule has 0 N–H and O–H groups in total. The molecule has 0 spiro atoms. The summed E-state index contributed by atoms with van der Waals surface area (Å²) in [6.07, 6.45) is 4.39. The van der Waals surface area contributed by atoms with Gasteiger partial charge >= 0.3 is 0 Å². The largest absolute Gasteiger partial charge is 0.332 e. The van der Waals surface area contributed by atoms with Crippen molar-refractivity contribution in [3.63, 3.8) is 0 Å². The summed E-state index contributed by atoms with van der Waals surface area (Å²) >= 11 is 4.40. The van der Waals surface area contributed by atoms with E-state index in [1.807, 2.05) is 6.92 Å². The Morgan fingerprint density at radius 3 is 2.28 bits per heavy atom. The summed E-state index contributed by atoms with van der Waals surface area (Å²) in [6, 6.07) is 0. The van der Waals surface area contributed by atoms with E-state index in [0.29, 0.717) is 13.1 Å². The van der Waals surface area contributed by atoms with Gasteiger partial charge in [0, 0.05) is 13.1 Å². The maximum absolute atomic E-state index is 12.1. The molecule has 0 atom stereocenters. The van der Waals surface area contributed by atoms with Gasteiger partial charge in [0.25, 0.3) is 0 Å². The molecule has 2 fully saturated rings. The first kappa shape index (κ1) is 13.7. The summed E-state index contributed by atoms with van der Waals surface area (Å²) in [7, 11) is 0. The SMILES string of the molecule is CCCN1CC(=O)N(CC2(CS)CCC2)CC1=O. The third-order valence-electron chi connectivity index (χ3n) is 4.13. The van der Waals surface area contributed by atoms with Crippen LogP contribution in [-0.2, 0) is 9.59 Å². The number of carbonyl (C=O) groups excluding carboxylic acids is 2. The van der Waals surface area contributed by atoms with Crippen LogP contribution in [-0.4, -0.2) is 53.5 Å². The molecule has 1 aliphatic heterocycles. The maximum atomic E-state index is 12.1. The molecule has 4 nitrogen and oxygen atoms in total. The van der Waals surface area contributed by atoms with Gasteiger partial charge in [-0.2, -0.15) is 12.6 Å². The third kappa shape index (κ3) is 2.66. The molecule has 0 aromatic carbocycles. The van der Waals surface area contributed by atoms with E-state index in [2.05, 4.69) is 12.6 Å². The summed E-state index contributed by atoms with van der Waals surface area (Å²) in [5, 5.41) is 0. The number of thiol groups is 1. The molecule has 0 bridgehead atoms. The van der Waals surface area contributed by atoms with Crippen molar-refractivity contribution in [2.75, 3.05) is 31.9 Å². The lowest BCUT2D eigenvalue weighted by Crippen LogP contribution is -2.57. The first-order valence-electron chi connectivity index (χ1n) is 6.77. The van der Waals surface area contributed by atoms with Crippen LogP contribution in [0, 0.1) is 5.41 Å². The van der Waals surface area contributed by atoms with Gasteiger partial charge in [-0.25, -0.2) is 0 Å². The summed E-state index contributed by atoms with van der Waals surface area (Å²) in [6.45, 7) is 3.94. The molecule has 102 valence electrons. The van der Waals surface area contributed by atoms with Gasteiger partial charge in [-0.1, -0.05) is 13.3 Å². The standard InChI is InChI=1S/C13H22N2O2S/c1-2-6-14-7-12(17)15(8-11(14)16)9-13(10-18)4-3-5-13/h18H,2-10H2,1H3. The van der Waals surface area contributed by atoms with Crippen molar-refractivity contribution in [1.82, 2.24) is 9.80 Å². The number of rotatable bonds is 5. The average molecular weight is 270 g/mol. The zero-order valence-corrected chi connectivity index (χ0v) is 11.9. The van der Waals surface area contributed by atoms with E-state index in [-0.39, 0.29) is 30.3 Å². The van der Waals surface area contributed by atoms with Crippen LogP contribution < -0.4 is 0 Å². The Labute approximate surface area is 114 Å². The van der Waals surface area contributed by atoms with E-state index < -0.39 is 0 Å². The Morgan fingerprint density at radius 2 is 1.78 bits per heavy atom. The highest BCUT2D eigenvalue weighted by atomic mass is 32.1. The van der Waals surface area contributed by atoms with Gasteiger partial charge in [-0.15, -0.1) is 0 Å². The predicted octanol–water partition coefficient (Wildman–Crippen LogP) is 1.17. The molecular formula is C13H22N2O2S. The highest BCUT2D eigenvalue weighted by Gasteiger charge is 2.40. The van der Waals surface area contributed by atoms with Crippen LogP contribution in [0.15, 0.2) is 0 Å². The number of piperazine rings is 1. The van der Waals surface area contributed by atoms with Crippen molar-refractivity contribution in [2.24, 2.45) is 5.41 Å². The monoisotopic (exact) mass is 270 g/mol. The van der Waals surface area contributed by atoms with Gasteiger partial charge in [-0.3, -0.25) is 9.59 Å². The Kier molecular flexibility index (Phi) is 4.20. The van der Waals surface area contributed by atoms with E-state index in [0.717, 1.165) is 25.0 Å². The van der Waals surface area contributed by atoms with Gasteiger partial charge in [0.15, 0.2) is 0 Å². The van der Waals surface area contributed by atoms with Crippen LogP contribution >= 0.6 is 12.6 Å². The molecule has 1 aliphatic carbocycles. The quantitative estimate of drug-likeness (QED) is 0.762. The fourth-order valence-electron chi connectivity index (χ4n) is 2.77. The topological polar surface area (TPSA) is 40.6 Å². The number of hydrogen-bond acceptors (Lipinski definition) is 3. The average Bonchev–Trinajstić information content (AvgIpc) is 2.30. The van der Waals surface area contributed by atoms with Crippen LogP contribution in [0.2, 0.25) is 0 Å². The van der Waals surface area contributed by atoms with Crippen LogP contribution in [0.25, 0.3) is 0 Å². The van der Waals surface area contributed by atoms with E-state index >= 15 is 0 Å². The van der Waals surface area contributed by atoms with Gasteiger partial charge in [0.05, 0.1) is 13.1 Å². The second-order valence-corrected chi connectivity index (χ2v) is 5.89. The minimum Gasteiger partial charge on any atom is -0.332 e. The molecule has 2 amide bonds. The molecule has 0 unspecified atom stereocenters. The van der Waals surface area contributed by atoms with Crippen molar-refractivity contribution in [1.29, 1.82) is 0 Å². The summed E-state index contributed by atoms with van der Waals surface area (Å²) in [4.78, 5) is 27.4. The molecule has 0 radical (unpaired) electrons. The summed E-state index contributed by atoms with van der Waals surface area (Å²) < 4.78 is 0. The van der Waals surface area contributed by atoms with Gasteiger partial charge in [-0.05, 0) is 30.4 Å². The van der Waals surface area contributed by atoms with Crippen molar-refractivity contribution < 1.29 is 9.59 Å². The van der Waals surface area contributed by atoms with Crippen molar-refractivity contribution in [2.45, 2.75) is 32.6 Å². The fraction of sp³-hybridized carbons (Fsp3) is 0.846. The van der Waals surface area contributed by atoms with E-state index in [1.165, 1.54) is 6.42 Å². The number of nitrogens with zero attached hydrogens (tertiary/aromatic N) is 2. The van der Waals surface area contributed by atoms with Crippen molar-refractivity contribution in [3.05, 3.63) is 0 Å². The van der Waals surface area contributed by atoms with Gasteiger partial charge in [0.1, 0.15) is 0 Å². The molecule has 0 aromatic rings. The van der Waals surface area contributed by atoms with Crippen molar-refractivity contribution >= 4 is 24.4 Å². The van der Waals surface area contributed by atoms with Crippen molar-refractivity contribution in [3.8, 4) is 0 Å². The van der Waals surface area contributed by atoms with Crippen LogP contribution in [0.3, 0.4) is 0 Å². The molecule has 5 heteroatoms. The Morgan fingerprint density at radius 1 is 1.17 bits per heavy atom. The second-order valence-electron chi connectivity index (χ2n) is 5.58. The highest BCUT2D eigenvalue weighted by molar-refractivity contribution is 7.80. The summed E-state index contributed by atoms with van der Waals surface area (Å²) in [5.74, 6) is 0.991. The van der Waals surface area contributed by atoms with Gasteiger partial charge < -0.3 is 9.80 Å². The zero-order valence-electron chi connectivity index (χ0n) is 11.0. The normalized spacial score (nSPS) is 23.2. The predicted molar refractivity (Wildman–Crippen MR) is 73.6 cm³/mol. The Hall–Kier alpha value is -0.710. The molecule has 1 saturated heterocycles. The first-order chi connectivity index (χ1) is 8.60. The lowest BCUT2D eigenvalue weighted by Gasteiger charge is -2.45. The Balaban J connectivity index is 1.95. The number of amides is 2. The third-order valence-corrected chi connectivity index (χ3v) is 4.80.